The normalized spacial score (nSPS) is 35.7. The van der Waals surface area contributed by atoms with Gasteiger partial charge in [-0.3, -0.25) is 9.58 Å². The van der Waals surface area contributed by atoms with E-state index in [4.69, 9.17) is 0 Å². The minimum atomic E-state index is -0.594. The Morgan fingerprint density at radius 3 is 2.66 bits per heavy atom. The molecule has 6 heteroatoms. The van der Waals surface area contributed by atoms with E-state index in [-0.39, 0.29) is 34.6 Å². The van der Waals surface area contributed by atoms with Gasteiger partial charge in [-0.2, -0.15) is 10.4 Å². The van der Waals surface area contributed by atoms with Crippen LogP contribution in [0.1, 0.15) is 64.0 Å². The molecule has 2 saturated carbocycles. The Hall–Kier alpha value is -1.97. The summed E-state index contributed by atoms with van der Waals surface area (Å²) in [5, 5.41) is 26.2. The van der Waals surface area contributed by atoms with E-state index >= 15 is 0 Å². The molecule has 154 valence electrons. The lowest BCUT2D eigenvalue weighted by molar-refractivity contribution is -0.182. The molecule has 0 spiro atoms. The van der Waals surface area contributed by atoms with E-state index in [1.807, 2.05) is 20.0 Å². The topological polar surface area (TPSA) is 65.1 Å². The predicted octanol–water partition coefficient (Wildman–Crippen LogP) is 4.07. The number of piperidine rings is 2. The average molecular weight is 397 g/mol. The molecule has 5 nitrogen and oxygen atoms in total. The van der Waals surface area contributed by atoms with E-state index in [0.717, 1.165) is 37.6 Å². The van der Waals surface area contributed by atoms with Gasteiger partial charge in [0, 0.05) is 25.0 Å². The van der Waals surface area contributed by atoms with Crippen LogP contribution in [0.2, 0.25) is 0 Å². The second kappa shape index (κ2) is 6.26. The van der Waals surface area contributed by atoms with E-state index in [1.165, 1.54) is 6.07 Å². The van der Waals surface area contributed by atoms with Crippen LogP contribution in [0.5, 0.6) is 0 Å². The van der Waals surface area contributed by atoms with E-state index in [0.29, 0.717) is 17.5 Å². The van der Waals surface area contributed by atoms with Crippen molar-refractivity contribution in [2.45, 2.75) is 76.6 Å². The van der Waals surface area contributed by atoms with Crippen molar-refractivity contribution in [2.75, 3.05) is 0 Å². The van der Waals surface area contributed by atoms with Gasteiger partial charge in [0.25, 0.3) is 0 Å². The van der Waals surface area contributed by atoms with Crippen molar-refractivity contribution in [1.82, 2.24) is 14.7 Å². The van der Waals surface area contributed by atoms with Gasteiger partial charge in [0.05, 0.1) is 28.1 Å². The van der Waals surface area contributed by atoms with E-state index in [9.17, 15) is 14.8 Å². The van der Waals surface area contributed by atoms with Gasteiger partial charge in [-0.15, -0.1) is 0 Å². The number of benzene rings is 1. The lowest BCUT2D eigenvalue weighted by atomic mass is 9.50. The van der Waals surface area contributed by atoms with Crippen LogP contribution in [0.4, 0.5) is 4.39 Å². The third-order valence-corrected chi connectivity index (χ3v) is 7.78. The summed E-state index contributed by atoms with van der Waals surface area (Å²) in [7, 11) is 1.83. The summed E-state index contributed by atoms with van der Waals surface area (Å²) in [5.74, 6) is -0.325. The number of hydrogen-bond donors (Lipinski definition) is 1. The third-order valence-electron chi connectivity index (χ3n) is 7.78. The SMILES string of the molecule is CC(CC(O)N1C2CC3(C)CC1CC(C#N)(C2)C3)c1nn(C)c2cccc(F)c12. The Morgan fingerprint density at radius 1 is 1.31 bits per heavy atom. The maximum absolute atomic E-state index is 14.5. The predicted molar refractivity (Wildman–Crippen MR) is 108 cm³/mol. The van der Waals surface area contributed by atoms with Crippen LogP contribution in [0, 0.1) is 28.0 Å². The Kier molecular flexibility index (Phi) is 4.11. The molecule has 4 aliphatic rings. The molecule has 4 fully saturated rings. The molecule has 2 aliphatic heterocycles. The highest BCUT2D eigenvalue weighted by molar-refractivity contribution is 5.83. The number of aliphatic hydroxyl groups excluding tert-OH is 1. The van der Waals surface area contributed by atoms with Crippen LogP contribution in [-0.4, -0.2) is 38.1 Å². The maximum Gasteiger partial charge on any atom is 0.134 e. The van der Waals surface area contributed by atoms with Crippen LogP contribution in [0.3, 0.4) is 0 Å². The fourth-order valence-electron chi connectivity index (χ4n) is 6.99. The number of aliphatic hydroxyl groups is 1. The molecular weight excluding hydrogens is 367 g/mol. The molecule has 4 unspecified atom stereocenters. The standard InChI is InChI=1S/C23H29FN4O/c1-14(21-20-17(24)5-4-6-18(20)27(3)26-21)7-19(29)28-15-8-22(2)9-16(28)11-23(10-15,12-22)13-25/h4-6,14-16,19,29H,7-12H2,1-3H3. The molecule has 4 bridgehead atoms. The van der Waals surface area contributed by atoms with Gasteiger partial charge in [-0.25, -0.2) is 4.39 Å². The van der Waals surface area contributed by atoms with Gasteiger partial charge in [0.2, 0.25) is 0 Å². The fraction of sp³-hybridized carbons (Fsp3) is 0.652. The average Bonchev–Trinajstić information content (AvgIpc) is 2.98. The van der Waals surface area contributed by atoms with Crippen molar-refractivity contribution in [3.8, 4) is 6.07 Å². The van der Waals surface area contributed by atoms with Gasteiger partial charge in [0.15, 0.2) is 0 Å². The van der Waals surface area contributed by atoms with Crippen LogP contribution >= 0.6 is 0 Å². The smallest absolute Gasteiger partial charge is 0.134 e. The van der Waals surface area contributed by atoms with Crippen molar-refractivity contribution in [1.29, 1.82) is 5.26 Å². The molecule has 0 radical (unpaired) electrons. The Balaban J connectivity index is 1.39. The molecule has 1 aromatic carbocycles. The monoisotopic (exact) mass is 396 g/mol. The third kappa shape index (κ3) is 2.82. The molecule has 2 aromatic rings. The summed E-state index contributed by atoms with van der Waals surface area (Å²) in [6.45, 7) is 4.33. The van der Waals surface area contributed by atoms with Gasteiger partial charge in [-0.1, -0.05) is 19.9 Å². The van der Waals surface area contributed by atoms with Crippen molar-refractivity contribution in [3.05, 3.63) is 29.7 Å². The van der Waals surface area contributed by atoms with Gasteiger partial charge in [-0.05, 0) is 56.1 Å². The molecule has 4 atom stereocenters. The maximum atomic E-state index is 14.5. The van der Waals surface area contributed by atoms with E-state index in [2.05, 4.69) is 23.0 Å². The largest absolute Gasteiger partial charge is 0.378 e. The summed E-state index contributed by atoms with van der Waals surface area (Å²) in [4.78, 5) is 2.27. The second-order valence-corrected chi connectivity index (χ2v) is 10.2. The molecule has 2 aliphatic carbocycles. The summed E-state index contributed by atoms with van der Waals surface area (Å²) >= 11 is 0. The molecule has 6 rings (SSSR count). The molecular formula is C23H29FN4O. The molecule has 1 N–H and O–H groups in total. The van der Waals surface area contributed by atoms with Crippen LogP contribution in [-0.2, 0) is 7.05 Å². The lowest BCUT2D eigenvalue weighted by Gasteiger charge is -2.64. The zero-order chi connectivity index (χ0) is 20.6. The Morgan fingerprint density at radius 2 is 2.00 bits per heavy atom. The van der Waals surface area contributed by atoms with Crippen LogP contribution in [0.25, 0.3) is 10.9 Å². The van der Waals surface area contributed by atoms with Gasteiger partial charge in [0.1, 0.15) is 12.0 Å². The van der Waals surface area contributed by atoms with E-state index in [1.54, 1.807) is 10.7 Å². The second-order valence-electron chi connectivity index (χ2n) is 10.2. The molecule has 29 heavy (non-hydrogen) atoms. The zero-order valence-corrected chi connectivity index (χ0v) is 17.4. The number of hydrogen-bond acceptors (Lipinski definition) is 4. The zero-order valence-electron chi connectivity index (χ0n) is 17.4. The first-order valence-electron chi connectivity index (χ1n) is 10.7. The van der Waals surface area contributed by atoms with Crippen molar-refractivity contribution in [3.63, 3.8) is 0 Å². The summed E-state index contributed by atoms with van der Waals surface area (Å²) in [5.41, 5.74) is 1.51. The number of halogens is 1. The highest BCUT2D eigenvalue weighted by atomic mass is 19.1. The Labute approximate surface area is 171 Å². The summed E-state index contributed by atoms with van der Waals surface area (Å²) in [6, 6.07) is 8.21. The molecule has 2 saturated heterocycles. The van der Waals surface area contributed by atoms with Gasteiger partial charge < -0.3 is 5.11 Å². The highest BCUT2D eigenvalue weighted by Gasteiger charge is 2.60. The molecule has 1 aromatic heterocycles. The first-order valence-corrected chi connectivity index (χ1v) is 10.7. The minimum Gasteiger partial charge on any atom is -0.378 e. The first-order chi connectivity index (χ1) is 13.7. The summed E-state index contributed by atoms with van der Waals surface area (Å²) in [6.07, 6.45) is 4.76. The number of aryl methyl sites for hydroxylation is 1. The summed E-state index contributed by atoms with van der Waals surface area (Å²) < 4.78 is 16.2. The number of aromatic nitrogens is 2. The Bertz CT molecular complexity index is 992. The van der Waals surface area contributed by atoms with Crippen molar-refractivity contribution >= 4 is 10.9 Å². The van der Waals surface area contributed by atoms with E-state index < -0.39 is 6.23 Å². The first kappa shape index (κ1) is 19.0. The quantitative estimate of drug-likeness (QED) is 0.846. The number of rotatable bonds is 4. The minimum absolute atomic E-state index is 0.0664. The number of nitriles is 1. The fourth-order valence-corrected chi connectivity index (χ4v) is 6.99. The van der Waals surface area contributed by atoms with Gasteiger partial charge >= 0.3 is 0 Å². The van der Waals surface area contributed by atoms with Crippen LogP contribution < -0.4 is 0 Å². The molecule has 3 heterocycles. The number of nitrogens with zero attached hydrogens (tertiary/aromatic N) is 4. The van der Waals surface area contributed by atoms with Crippen molar-refractivity contribution < 1.29 is 9.50 Å². The number of fused-ring (bicyclic) bond motifs is 1. The van der Waals surface area contributed by atoms with Crippen molar-refractivity contribution in [2.24, 2.45) is 17.9 Å². The van der Waals surface area contributed by atoms with Crippen LogP contribution in [0.15, 0.2) is 18.2 Å². The lowest BCUT2D eigenvalue weighted by Crippen LogP contribution is -2.66. The highest BCUT2D eigenvalue weighted by Crippen LogP contribution is 2.61. The molecule has 0 amide bonds.